The smallest absolute Gasteiger partial charge is 0.247 e. The Balaban J connectivity index is 2.68. The summed E-state index contributed by atoms with van der Waals surface area (Å²) in [6.45, 7) is 12.7. The van der Waals surface area contributed by atoms with Crippen LogP contribution < -0.4 is 5.32 Å². The van der Waals surface area contributed by atoms with E-state index in [2.05, 4.69) is 39.2 Å². The average molecular weight is 286 g/mol. The van der Waals surface area contributed by atoms with Crippen LogP contribution in [0.15, 0.2) is 0 Å². The molecule has 0 aromatic heterocycles. The molecule has 6 heteroatoms. The zero-order valence-electron chi connectivity index (χ0n) is 13.0. The lowest BCUT2D eigenvalue weighted by Gasteiger charge is -2.39. The van der Waals surface area contributed by atoms with Gasteiger partial charge >= 0.3 is 0 Å². The molecule has 1 heterocycles. The molecule has 1 aliphatic heterocycles. The van der Waals surface area contributed by atoms with Crippen molar-refractivity contribution in [3.63, 3.8) is 0 Å². The first kappa shape index (κ1) is 16.2. The highest BCUT2D eigenvalue weighted by atomic mass is 28.4. The highest BCUT2D eigenvalue weighted by molar-refractivity contribution is 6.74. The quantitative estimate of drug-likeness (QED) is 0.797. The molecule has 0 aliphatic carbocycles. The minimum atomic E-state index is -1.90. The third-order valence-corrected chi connectivity index (χ3v) is 8.84. The molecule has 2 amide bonds. The van der Waals surface area contributed by atoms with Gasteiger partial charge in [0.05, 0.1) is 6.61 Å². The van der Waals surface area contributed by atoms with Crippen LogP contribution in [-0.4, -0.2) is 50.8 Å². The first-order valence-corrected chi connectivity index (χ1v) is 9.59. The minimum Gasteiger partial charge on any atom is -0.414 e. The topological polar surface area (TPSA) is 58.6 Å². The molecular weight excluding hydrogens is 260 g/mol. The van der Waals surface area contributed by atoms with Crippen LogP contribution in [0, 0.1) is 0 Å². The van der Waals surface area contributed by atoms with Crippen molar-refractivity contribution in [3.05, 3.63) is 0 Å². The molecule has 1 aliphatic rings. The molecule has 110 valence electrons. The summed E-state index contributed by atoms with van der Waals surface area (Å²) in [6.07, 6.45) is 0. The number of nitrogens with zero attached hydrogens (tertiary/aromatic N) is 1. The summed E-state index contributed by atoms with van der Waals surface area (Å²) in [5, 5.41) is 2.83. The lowest BCUT2D eigenvalue weighted by molar-refractivity contribution is -0.147. The monoisotopic (exact) mass is 286 g/mol. The van der Waals surface area contributed by atoms with E-state index in [0.29, 0.717) is 0 Å². The molecule has 2 atom stereocenters. The van der Waals surface area contributed by atoms with Gasteiger partial charge in [-0.25, -0.2) is 0 Å². The predicted octanol–water partition coefficient (Wildman–Crippen LogP) is 1.35. The molecular formula is C13H26N2O3Si. The van der Waals surface area contributed by atoms with Gasteiger partial charge in [0.25, 0.3) is 0 Å². The van der Waals surface area contributed by atoms with Crippen LogP contribution in [-0.2, 0) is 14.0 Å². The second-order valence-corrected chi connectivity index (χ2v) is 11.6. The van der Waals surface area contributed by atoms with E-state index in [9.17, 15) is 9.59 Å². The maximum Gasteiger partial charge on any atom is 0.247 e. The van der Waals surface area contributed by atoms with E-state index in [1.165, 1.54) is 4.90 Å². The van der Waals surface area contributed by atoms with Gasteiger partial charge in [0, 0.05) is 7.05 Å². The van der Waals surface area contributed by atoms with Gasteiger partial charge in [0.2, 0.25) is 11.8 Å². The summed E-state index contributed by atoms with van der Waals surface area (Å²) in [4.78, 5) is 25.3. The summed E-state index contributed by atoms with van der Waals surface area (Å²) in [7, 11) is -0.244. The van der Waals surface area contributed by atoms with Crippen LogP contribution in [0.3, 0.4) is 0 Å². The molecule has 0 radical (unpaired) electrons. The molecule has 19 heavy (non-hydrogen) atoms. The van der Waals surface area contributed by atoms with Crippen molar-refractivity contribution in [1.82, 2.24) is 10.2 Å². The standard InChI is InChI=1S/C13H26N2O3Si/c1-9-11(16)14-10(12(17)15(9)5)8-18-19(6,7)13(2,3)4/h9-10H,8H2,1-7H3,(H,14,16)/t9-,10-/m0/s1. The molecule has 0 unspecified atom stereocenters. The first-order chi connectivity index (χ1) is 8.47. The number of amides is 2. The number of piperazine rings is 1. The van der Waals surface area contributed by atoms with Gasteiger partial charge in [-0.05, 0) is 25.1 Å². The Bertz CT molecular complexity index is 377. The molecule has 5 nitrogen and oxygen atoms in total. The van der Waals surface area contributed by atoms with Crippen molar-refractivity contribution >= 4 is 20.1 Å². The van der Waals surface area contributed by atoms with Crippen LogP contribution in [0.5, 0.6) is 0 Å². The van der Waals surface area contributed by atoms with Crippen molar-refractivity contribution in [2.45, 2.75) is 57.9 Å². The summed E-state index contributed by atoms with van der Waals surface area (Å²) in [5.41, 5.74) is 0. The molecule has 0 spiro atoms. The van der Waals surface area contributed by atoms with Gasteiger partial charge in [0.1, 0.15) is 12.1 Å². The summed E-state index contributed by atoms with van der Waals surface area (Å²) in [5.74, 6) is -0.197. The maximum absolute atomic E-state index is 12.1. The lowest BCUT2D eigenvalue weighted by Crippen LogP contribution is -2.63. The summed E-state index contributed by atoms with van der Waals surface area (Å²) < 4.78 is 6.01. The Labute approximate surface area is 116 Å². The fourth-order valence-corrected chi connectivity index (χ4v) is 2.60. The Morgan fingerprint density at radius 3 is 2.32 bits per heavy atom. The number of likely N-dealkylation sites (N-methyl/N-ethyl adjacent to an activating group) is 1. The molecule has 1 rings (SSSR count). The predicted molar refractivity (Wildman–Crippen MR) is 77.3 cm³/mol. The molecule has 0 saturated carbocycles. The molecule has 1 saturated heterocycles. The van der Waals surface area contributed by atoms with Crippen molar-refractivity contribution in [1.29, 1.82) is 0 Å². The Kier molecular flexibility index (Phi) is 4.46. The average Bonchev–Trinajstić information content (AvgIpc) is 2.28. The van der Waals surface area contributed by atoms with Crippen LogP contribution in [0.4, 0.5) is 0 Å². The summed E-state index contributed by atoms with van der Waals surface area (Å²) in [6, 6.07) is -0.959. The zero-order chi connectivity index (χ0) is 15.0. The third-order valence-electron chi connectivity index (χ3n) is 4.34. The van der Waals surface area contributed by atoms with Crippen LogP contribution in [0.25, 0.3) is 0 Å². The maximum atomic E-state index is 12.1. The molecule has 0 aromatic rings. The SMILES string of the molecule is C[C@H]1C(=O)N[C@@H](CO[Si](C)(C)C(C)(C)C)C(=O)N1C. The number of hydrogen-bond acceptors (Lipinski definition) is 3. The van der Waals surface area contributed by atoms with Gasteiger partial charge in [-0.1, -0.05) is 20.8 Å². The van der Waals surface area contributed by atoms with Crippen molar-refractivity contribution in [2.75, 3.05) is 13.7 Å². The Morgan fingerprint density at radius 2 is 1.84 bits per heavy atom. The second-order valence-electron chi connectivity index (χ2n) is 6.76. The fraction of sp³-hybridized carbons (Fsp3) is 0.846. The largest absolute Gasteiger partial charge is 0.414 e. The molecule has 0 bridgehead atoms. The Hall–Kier alpha value is -0.883. The van der Waals surface area contributed by atoms with Gasteiger partial charge < -0.3 is 14.6 Å². The highest BCUT2D eigenvalue weighted by Gasteiger charge is 2.41. The van der Waals surface area contributed by atoms with E-state index in [1.807, 2.05) is 0 Å². The van der Waals surface area contributed by atoms with Crippen LogP contribution >= 0.6 is 0 Å². The van der Waals surface area contributed by atoms with E-state index in [1.54, 1.807) is 14.0 Å². The van der Waals surface area contributed by atoms with Gasteiger partial charge in [-0.2, -0.15) is 0 Å². The van der Waals surface area contributed by atoms with Crippen LogP contribution in [0.2, 0.25) is 18.1 Å². The van der Waals surface area contributed by atoms with Crippen molar-refractivity contribution in [3.8, 4) is 0 Å². The van der Waals surface area contributed by atoms with E-state index in [4.69, 9.17) is 4.43 Å². The van der Waals surface area contributed by atoms with E-state index < -0.39 is 20.4 Å². The van der Waals surface area contributed by atoms with Gasteiger partial charge in [-0.3, -0.25) is 9.59 Å². The van der Waals surface area contributed by atoms with Crippen molar-refractivity contribution in [2.24, 2.45) is 0 Å². The van der Waals surface area contributed by atoms with E-state index >= 15 is 0 Å². The normalized spacial score (nSPS) is 25.5. The number of carbonyl (C=O) groups is 2. The number of nitrogens with one attached hydrogen (secondary N) is 1. The van der Waals surface area contributed by atoms with Crippen LogP contribution in [0.1, 0.15) is 27.7 Å². The summed E-state index contributed by atoms with van der Waals surface area (Å²) >= 11 is 0. The lowest BCUT2D eigenvalue weighted by atomic mass is 10.1. The Morgan fingerprint density at radius 1 is 1.32 bits per heavy atom. The van der Waals surface area contributed by atoms with E-state index in [-0.39, 0.29) is 23.5 Å². The molecule has 0 aromatic carbocycles. The first-order valence-electron chi connectivity index (χ1n) is 6.68. The van der Waals surface area contributed by atoms with Gasteiger partial charge in [-0.15, -0.1) is 0 Å². The molecule has 1 fully saturated rings. The highest BCUT2D eigenvalue weighted by Crippen LogP contribution is 2.36. The minimum absolute atomic E-state index is 0.0780. The third kappa shape index (κ3) is 3.36. The number of carbonyl (C=O) groups excluding carboxylic acids is 2. The number of hydrogen-bond donors (Lipinski definition) is 1. The van der Waals surface area contributed by atoms with E-state index in [0.717, 1.165) is 0 Å². The van der Waals surface area contributed by atoms with Crippen molar-refractivity contribution < 1.29 is 14.0 Å². The second kappa shape index (κ2) is 5.24. The molecule has 1 N–H and O–H groups in total. The van der Waals surface area contributed by atoms with Gasteiger partial charge in [0.15, 0.2) is 8.32 Å². The number of rotatable bonds is 3. The zero-order valence-corrected chi connectivity index (χ0v) is 14.0. The fourth-order valence-electron chi connectivity index (χ4n) is 1.59.